The van der Waals surface area contributed by atoms with Crippen LogP contribution in [0.3, 0.4) is 0 Å². The van der Waals surface area contributed by atoms with Crippen molar-refractivity contribution in [1.29, 1.82) is 0 Å². The van der Waals surface area contributed by atoms with Crippen LogP contribution in [0.25, 0.3) is 66.4 Å². The van der Waals surface area contributed by atoms with Crippen LogP contribution >= 0.6 is 0 Å². The Labute approximate surface area is 333 Å². The van der Waals surface area contributed by atoms with Crippen molar-refractivity contribution in [3.05, 3.63) is 174 Å². The molecule has 8 aromatic rings. The van der Waals surface area contributed by atoms with Crippen molar-refractivity contribution in [2.75, 3.05) is 0 Å². The van der Waals surface area contributed by atoms with Gasteiger partial charge in [0.25, 0.3) is 0 Å². The lowest BCUT2D eigenvalue weighted by Gasteiger charge is -2.27. The quantitative estimate of drug-likeness (QED) is 0.141. The van der Waals surface area contributed by atoms with E-state index in [1.165, 1.54) is 5.56 Å². The van der Waals surface area contributed by atoms with E-state index in [1.54, 1.807) is 0 Å². The van der Waals surface area contributed by atoms with Gasteiger partial charge in [-0.2, -0.15) is 9.97 Å². The minimum absolute atomic E-state index is 0.00315. The molecule has 0 saturated carbocycles. The summed E-state index contributed by atoms with van der Waals surface area (Å²) in [5.74, 6) is -0.504. The molecule has 10 heteroatoms. The van der Waals surface area contributed by atoms with Gasteiger partial charge in [-0.05, 0) is 47.9 Å². The number of allylic oxidation sites excluding steroid dienone is 7. The van der Waals surface area contributed by atoms with Crippen molar-refractivity contribution in [2.45, 2.75) is 30.3 Å². The highest BCUT2D eigenvalue weighted by atomic mass is 15.2. The van der Waals surface area contributed by atoms with Crippen molar-refractivity contribution in [3.8, 4) is 11.6 Å². The molecule has 0 N–H and O–H groups in total. The summed E-state index contributed by atoms with van der Waals surface area (Å²) in [7, 11) is 32.3. The highest BCUT2D eigenvalue weighted by Gasteiger charge is 2.27. The van der Waals surface area contributed by atoms with Gasteiger partial charge in [0.2, 0.25) is 5.95 Å². The zero-order valence-corrected chi connectivity index (χ0v) is 30.8. The third kappa shape index (κ3) is 5.99. The molecule has 3 aromatic heterocycles. The first-order valence-corrected chi connectivity index (χ1v) is 18.7. The van der Waals surface area contributed by atoms with Crippen molar-refractivity contribution < 1.29 is 0 Å². The van der Waals surface area contributed by atoms with E-state index in [0.29, 0.717) is 22.8 Å². The number of para-hydroxylation sites is 3. The second-order valence-electron chi connectivity index (χ2n) is 14.2. The molecule has 0 saturated heterocycles. The number of fused-ring (bicyclic) bond motifs is 7. The minimum Gasteiger partial charge on any atom is -0.309 e. The lowest BCUT2D eigenvalue weighted by molar-refractivity contribution is 0.848. The normalized spacial score (nSPS) is 15.9. The minimum atomic E-state index is -0.902. The molecule has 9 rings (SSSR count). The predicted octanol–water partition coefficient (Wildman–Crippen LogP) is 9.26. The molecule has 0 fully saturated rings. The zero-order valence-electron chi connectivity index (χ0n) is 30.8. The van der Waals surface area contributed by atoms with E-state index >= 15 is 0 Å². The van der Waals surface area contributed by atoms with Crippen LogP contribution in [-0.2, 0) is 0 Å². The van der Waals surface area contributed by atoms with Gasteiger partial charge in [0.1, 0.15) is 15.7 Å². The molecule has 0 amide bonds. The van der Waals surface area contributed by atoms with Gasteiger partial charge in [0, 0.05) is 38.7 Å². The maximum atomic E-state index is 6.84. The number of benzene rings is 5. The maximum Gasteiger partial charge on any atom is 0.238 e. The Balaban J connectivity index is 1.39. The van der Waals surface area contributed by atoms with E-state index in [4.69, 9.17) is 54.2 Å². The first-order chi connectivity index (χ1) is 27.3. The van der Waals surface area contributed by atoms with Crippen LogP contribution < -0.4 is 0 Å². The Kier molecular flexibility index (Phi) is 9.29. The van der Waals surface area contributed by atoms with E-state index < -0.39 is 11.6 Å². The molecule has 1 aliphatic carbocycles. The zero-order chi connectivity index (χ0) is 38.5. The summed E-state index contributed by atoms with van der Waals surface area (Å²) in [6, 6.07) is 42.0. The van der Waals surface area contributed by atoms with Gasteiger partial charge >= 0.3 is 0 Å². The highest BCUT2D eigenvalue weighted by molar-refractivity contribution is 6.37. The van der Waals surface area contributed by atoms with Crippen molar-refractivity contribution in [3.63, 3.8) is 0 Å². The molecule has 10 radical (unpaired) electrons. The molecule has 256 valence electrons. The topological polar surface area (TPSA) is 48.5 Å². The molecule has 0 aliphatic heterocycles. The van der Waals surface area contributed by atoms with Crippen molar-refractivity contribution >= 4 is 94.0 Å². The number of aromatic nitrogens is 5. The predicted molar refractivity (Wildman–Crippen MR) is 237 cm³/mol. The molecule has 3 atom stereocenters. The van der Waals surface area contributed by atoms with E-state index in [-0.39, 0.29) is 23.5 Å². The van der Waals surface area contributed by atoms with Crippen LogP contribution in [0.1, 0.15) is 29.6 Å². The van der Waals surface area contributed by atoms with Crippen LogP contribution in [0.5, 0.6) is 0 Å². The van der Waals surface area contributed by atoms with E-state index in [9.17, 15) is 0 Å². The number of hydrogen-bond donors (Lipinski definition) is 0. The summed E-state index contributed by atoms with van der Waals surface area (Å²) in [6.45, 7) is 3.87. The highest BCUT2D eigenvalue weighted by Crippen LogP contribution is 2.43. The Morgan fingerprint density at radius 3 is 2.07 bits per heavy atom. The molecule has 5 aromatic carbocycles. The molecular formula is C46H32B5N5. The average molecular weight is 709 g/mol. The SMILES string of the molecule is [B]C/C([B])=C(/c1nc(C2=CC(c3ccccc3)CC=C2)nc(-n2c3ccccc3c3ccc4c(c5ccccc5n4-c4ccccc4)c32)n1)C([B])C([B])C([B])=C. The van der Waals surface area contributed by atoms with Crippen molar-refractivity contribution in [1.82, 2.24) is 24.1 Å². The summed E-state index contributed by atoms with van der Waals surface area (Å²) < 4.78 is 4.44. The summed E-state index contributed by atoms with van der Waals surface area (Å²) in [4.78, 5) is 15.6. The second kappa shape index (κ2) is 14.6. The van der Waals surface area contributed by atoms with Gasteiger partial charge in [-0.15, -0.1) is 17.5 Å². The Morgan fingerprint density at radius 2 is 1.36 bits per heavy atom. The number of nitrogens with zero attached hydrogens (tertiary/aromatic N) is 5. The standard InChI is InChI=1S/C46H32B5N5/c1-27(48)41(50)42(51)40(35(49)26-47)45-52-44(30-16-12-15-29(25-30)28-13-4-2-5-14-28)53-46(54-45)56-36-21-10-8-19-32(36)33-23-24-38-39(43(33)56)34-20-9-11-22-37(34)55(38)31-17-6-3-7-18-31/h2-14,16-25,29,41-42H,1,15,26H2/b40-35-. The van der Waals surface area contributed by atoms with Gasteiger partial charge in [-0.1, -0.05) is 127 Å². The average Bonchev–Trinajstić information content (AvgIpc) is 3.77. The lowest BCUT2D eigenvalue weighted by atomic mass is 9.55. The Bertz CT molecular complexity index is 2910. The Morgan fingerprint density at radius 1 is 0.696 bits per heavy atom. The van der Waals surface area contributed by atoms with Crippen LogP contribution in [0.2, 0.25) is 18.0 Å². The first kappa shape index (κ1) is 35.7. The fourth-order valence-electron chi connectivity index (χ4n) is 8.08. The van der Waals surface area contributed by atoms with Gasteiger partial charge in [0.05, 0.1) is 45.6 Å². The number of hydrogen-bond acceptors (Lipinski definition) is 3. The smallest absolute Gasteiger partial charge is 0.238 e. The van der Waals surface area contributed by atoms with Gasteiger partial charge in [-0.25, -0.2) is 4.98 Å². The molecule has 5 nitrogen and oxygen atoms in total. The molecule has 3 unspecified atom stereocenters. The van der Waals surface area contributed by atoms with E-state index in [1.807, 2.05) is 18.2 Å². The molecule has 0 bridgehead atoms. The third-order valence-electron chi connectivity index (χ3n) is 10.8. The van der Waals surface area contributed by atoms with Crippen LogP contribution in [0, 0.1) is 0 Å². The Hall–Kier alpha value is -6.01. The van der Waals surface area contributed by atoms with Crippen LogP contribution in [0.4, 0.5) is 0 Å². The van der Waals surface area contributed by atoms with Crippen LogP contribution in [0.15, 0.2) is 157 Å². The van der Waals surface area contributed by atoms with Gasteiger partial charge in [0.15, 0.2) is 11.6 Å². The summed E-state index contributed by atoms with van der Waals surface area (Å²) >= 11 is 0. The first-order valence-electron chi connectivity index (χ1n) is 18.7. The monoisotopic (exact) mass is 709 g/mol. The second-order valence-corrected chi connectivity index (χ2v) is 14.2. The largest absolute Gasteiger partial charge is 0.309 e. The summed E-state index contributed by atoms with van der Waals surface area (Å²) in [5.41, 5.74) is 8.02. The van der Waals surface area contributed by atoms with E-state index in [2.05, 4.69) is 137 Å². The molecular weight excluding hydrogens is 677 g/mol. The fraction of sp³-hybridized carbons (Fsp3) is 0.109. The molecule has 1 aliphatic rings. The summed E-state index contributed by atoms with van der Waals surface area (Å²) in [5, 5.41) is 4.28. The van der Waals surface area contributed by atoms with Gasteiger partial charge in [-0.3, -0.25) is 4.57 Å². The maximum absolute atomic E-state index is 6.84. The lowest BCUT2D eigenvalue weighted by Crippen LogP contribution is -2.16. The fourth-order valence-corrected chi connectivity index (χ4v) is 8.08. The molecule has 0 spiro atoms. The third-order valence-corrected chi connectivity index (χ3v) is 10.8. The van der Waals surface area contributed by atoms with Crippen molar-refractivity contribution in [2.24, 2.45) is 0 Å². The van der Waals surface area contributed by atoms with Crippen LogP contribution in [-0.4, -0.2) is 63.3 Å². The summed E-state index contributed by atoms with van der Waals surface area (Å²) in [6.07, 6.45) is 7.26. The van der Waals surface area contributed by atoms with Gasteiger partial charge < -0.3 is 4.57 Å². The molecule has 56 heavy (non-hydrogen) atoms. The molecule has 3 heterocycles. The number of rotatable bonds is 9. The van der Waals surface area contributed by atoms with E-state index in [0.717, 1.165) is 61.3 Å².